The minimum absolute atomic E-state index is 0.136. The van der Waals surface area contributed by atoms with Gasteiger partial charge >= 0.3 is 0 Å². The molecule has 0 amide bonds. The minimum atomic E-state index is -0.202. The van der Waals surface area contributed by atoms with Gasteiger partial charge in [-0.15, -0.1) is 0 Å². The van der Waals surface area contributed by atoms with Crippen molar-refractivity contribution in [2.75, 3.05) is 0 Å². The highest BCUT2D eigenvalue weighted by Gasteiger charge is 2.28. The quantitative estimate of drug-likeness (QED) is 0.773. The van der Waals surface area contributed by atoms with Crippen LogP contribution in [0.4, 0.5) is 0 Å². The topological polar surface area (TPSA) is 46.5 Å². The molecule has 20 heavy (non-hydrogen) atoms. The number of ether oxygens (including phenoxy) is 1. The SMILES string of the molecule is O=C1/C(=C/c2ccc(O)c(Br)c2)Oc2c(Cl)cccc21. The molecule has 0 saturated carbocycles. The predicted octanol–water partition coefficient (Wildman–Crippen LogP) is 4.42. The van der Waals surface area contributed by atoms with E-state index in [1.54, 1.807) is 36.4 Å². The van der Waals surface area contributed by atoms with Crippen LogP contribution in [-0.2, 0) is 0 Å². The number of benzene rings is 2. The molecule has 100 valence electrons. The number of carbonyl (C=O) groups excluding carboxylic acids is 1. The number of phenols is 1. The van der Waals surface area contributed by atoms with E-state index in [9.17, 15) is 9.90 Å². The fourth-order valence-corrected chi connectivity index (χ4v) is 2.55. The lowest BCUT2D eigenvalue weighted by Crippen LogP contribution is -1.97. The second kappa shape index (κ2) is 4.96. The van der Waals surface area contributed by atoms with Crippen LogP contribution in [0.15, 0.2) is 46.6 Å². The van der Waals surface area contributed by atoms with Crippen molar-refractivity contribution in [3.05, 3.63) is 62.8 Å². The lowest BCUT2D eigenvalue weighted by molar-refractivity contribution is 0.101. The molecule has 0 aliphatic carbocycles. The summed E-state index contributed by atoms with van der Waals surface area (Å²) in [4.78, 5) is 12.2. The summed E-state index contributed by atoms with van der Waals surface area (Å²) >= 11 is 9.23. The van der Waals surface area contributed by atoms with Gasteiger partial charge in [-0.25, -0.2) is 0 Å². The van der Waals surface area contributed by atoms with Gasteiger partial charge in [-0.1, -0.05) is 23.7 Å². The molecule has 0 spiro atoms. The van der Waals surface area contributed by atoms with Crippen molar-refractivity contribution in [1.29, 1.82) is 0 Å². The standard InChI is InChI=1S/C15H8BrClO3/c16-10-6-8(4-5-12(10)18)7-13-14(19)9-2-1-3-11(17)15(9)20-13/h1-7,18H/b13-7-. The molecular formula is C15H8BrClO3. The van der Waals surface area contributed by atoms with Gasteiger partial charge in [-0.3, -0.25) is 4.79 Å². The summed E-state index contributed by atoms with van der Waals surface area (Å²) in [5, 5.41) is 9.86. The monoisotopic (exact) mass is 350 g/mol. The van der Waals surface area contributed by atoms with Gasteiger partial charge in [0.1, 0.15) is 5.75 Å². The van der Waals surface area contributed by atoms with Crippen LogP contribution >= 0.6 is 27.5 Å². The molecule has 0 saturated heterocycles. The Morgan fingerprint density at radius 2 is 2.05 bits per heavy atom. The number of para-hydroxylation sites is 1. The van der Waals surface area contributed by atoms with Crippen molar-refractivity contribution in [3.8, 4) is 11.5 Å². The smallest absolute Gasteiger partial charge is 0.232 e. The molecule has 1 heterocycles. The van der Waals surface area contributed by atoms with Gasteiger partial charge in [0.2, 0.25) is 5.78 Å². The van der Waals surface area contributed by atoms with E-state index in [1.165, 1.54) is 6.07 Å². The zero-order chi connectivity index (χ0) is 14.3. The molecule has 5 heteroatoms. The first-order valence-corrected chi connectivity index (χ1v) is 6.94. The molecule has 0 aromatic heterocycles. The van der Waals surface area contributed by atoms with Gasteiger partial charge < -0.3 is 9.84 Å². The van der Waals surface area contributed by atoms with Crippen LogP contribution in [0.5, 0.6) is 11.5 Å². The summed E-state index contributed by atoms with van der Waals surface area (Å²) in [5.74, 6) is 0.540. The Kier molecular flexibility index (Phi) is 3.28. The first-order chi connectivity index (χ1) is 9.56. The Morgan fingerprint density at radius 3 is 2.75 bits per heavy atom. The molecule has 3 nitrogen and oxygen atoms in total. The first kappa shape index (κ1) is 13.2. The maximum Gasteiger partial charge on any atom is 0.232 e. The first-order valence-electron chi connectivity index (χ1n) is 5.77. The Balaban J connectivity index is 2.01. The highest BCUT2D eigenvalue weighted by atomic mass is 79.9. The Morgan fingerprint density at radius 1 is 1.25 bits per heavy atom. The van der Waals surface area contributed by atoms with E-state index in [4.69, 9.17) is 16.3 Å². The lowest BCUT2D eigenvalue weighted by Gasteiger charge is -2.01. The van der Waals surface area contributed by atoms with Gasteiger partial charge in [-0.05, 0) is 51.8 Å². The molecule has 1 aliphatic rings. The highest BCUT2D eigenvalue weighted by molar-refractivity contribution is 9.10. The average molecular weight is 352 g/mol. The summed E-state index contributed by atoms with van der Waals surface area (Å²) in [6, 6.07) is 9.99. The number of halogens is 2. The Labute approximate surface area is 128 Å². The van der Waals surface area contributed by atoms with E-state index in [0.717, 1.165) is 5.56 Å². The van der Waals surface area contributed by atoms with Crippen LogP contribution < -0.4 is 4.74 Å². The third-order valence-electron chi connectivity index (χ3n) is 2.92. The number of allylic oxidation sites excluding steroid dienone is 1. The van der Waals surface area contributed by atoms with Gasteiger partial charge in [0.15, 0.2) is 11.5 Å². The molecule has 1 N–H and O–H groups in total. The third-order valence-corrected chi connectivity index (χ3v) is 3.85. The molecule has 0 radical (unpaired) electrons. The molecule has 2 aromatic rings. The molecule has 0 bridgehead atoms. The van der Waals surface area contributed by atoms with Crippen LogP contribution in [0.3, 0.4) is 0 Å². The maximum absolute atomic E-state index is 12.2. The summed E-state index contributed by atoms with van der Waals surface area (Å²) in [6.07, 6.45) is 1.61. The number of phenolic OH excluding ortho intramolecular Hbond substituents is 1. The Hall–Kier alpha value is -1.78. The molecule has 0 fully saturated rings. The largest absolute Gasteiger partial charge is 0.507 e. The number of aromatic hydroxyl groups is 1. The van der Waals surface area contributed by atoms with E-state index >= 15 is 0 Å². The number of Topliss-reactive ketones (excluding diaryl/α,β-unsaturated/α-hetero) is 1. The number of ketones is 1. The van der Waals surface area contributed by atoms with Crippen molar-refractivity contribution in [2.45, 2.75) is 0 Å². The zero-order valence-corrected chi connectivity index (χ0v) is 12.4. The third kappa shape index (κ3) is 2.21. The van der Waals surface area contributed by atoms with Crippen LogP contribution in [-0.4, -0.2) is 10.9 Å². The average Bonchev–Trinajstić information content (AvgIpc) is 2.73. The van der Waals surface area contributed by atoms with Crippen molar-refractivity contribution in [2.24, 2.45) is 0 Å². The second-order valence-electron chi connectivity index (χ2n) is 4.27. The number of carbonyl (C=O) groups is 1. The normalized spacial score (nSPS) is 15.3. The molecule has 2 aromatic carbocycles. The van der Waals surface area contributed by atoms with Crippen LogP contribution in [0.1, 0.15) is 15.9 Å². The predicted molar refractivity (Wildman–Crippen MR) is 80.2 cm³/mol. The Bertz CT molecular complexity index is 753. The van der Waals surface area contributed by atoms with Crippen LogP contribution in [0, 0.1) is 0 Å². The summed E-state index contributed by atoms with van der Waals surface area (Å²) in [6.45, 7) is 0. The number of hydrogen-bond acceptors (Lipinski definition) is 3. The van der Waals surface area contributed by atoms with Gasteiger partial charge in [0.25, 0.3) is 0 Å². The number of rotatable bonds is 1. The van der Waals surface area contributed by atoms with Crippen LogP contribution in [0.2, 0.25) is 5.02 Å². The second-order valence-corrected chi connectivity index (χ2v) is 5.53. The van der Waals surface area contributed by atoms with E-state index in [1.807, 2.05) is 0 Å². The van der Waals surface area contributed by atoms with Gasteiger partial charge in [0.05, 0.1) is 15.1 Å². The number of hydrogen-bond donors (Lipinski definition) is 1. The fraction of sp³-hybridized carbons (Fsp3) is 0. The van der Waals surface area contributed by atoms with Gasteiger partial charge in [0, 0.05) is 0 Å². The highest BCUT2D eigenvalue weighted by Crippen LogP contribution is 2.38. The van der Waals surface area contributed by atoms with E-state index < -0.39 is 0 Å². The molecular weight excluding hydrogens is 344 g/mol. The van der Waals surface area contributed by atoms with Crippen LogP contribution in [0.25, 0.3) is 6.08 Å². The minimum Gasteiger partial charge on any atom is -0.507 e. The molecule has 0 atom stereocenters. The van der Waals surface area contributed by atoms with Crippen molar-refractivity contribution in [3.63, 3.8) is 0 Å². The van der Waals surface area contributed by atoms with E-state index in [2.05, 4.69) is 15.9 Å². The maximum atomic E-state index is 12.2. The van der Waals surface area contributed by atoms with Crippen molar-refractivity contribution in [1.82, 2.24) is 0 Å². The lowest BCUT2D eigenvalue weighted by atomic mass is 10.1. The van der Waals surface area contributed by atoms with Crippen molar-refractivity contribution < 1.29 is 14.6 Å². The van der Waals surface area contributed by atoms with E-state index in [-0.39, 0.29) is 17.3 Å². The molecule has 3 rings (SSSR count). The summed E-state index contributed by atoms with van der Waals surface area (Å²) in [7, 11) is 0. The summed E-state index contributed by atoms with van der Waals surface area (Å²) < 4.78 is 6.07. The molecule has 0 unspecified atom stereocenters. The number of fused-ring (bicyclic) bond motifs is 1. The van der Waals surface area contributed by atoms with Crippen molar-refractivity contribution >= 4 is 39.4 Å². The van der Waals surface area contributed by atoms with E-state index in [0.29, 0.717) is 20.8 Å². The fourth-order valence-electron chi connectivity index (χ4n) is 1.94. The zero-order valence-electron chi connectivity index (χ0n) is 10.1. The molecule has 1 aliphatic heterocycles. The van der Waals surface area contributed by atoms with Gasteiger partial charge in [-0.2, -0.15) is 0 Å². The summed E-state index contributed by atoms with van der Waals surface area (Å²) in [5.41, 5.74) is 1.20.